The number of nitrogens with two attached hydrogens (primary N) is 1. The minimum atomic E-state index is -3.94. The van der Waals surface area contributed by atoms with Gasteiger partial charge in [-0.05, 0) is 36.8 Å². The molecular formula is C14H15N3O3S2. The maximum atomic E-state index is 12.8. The van der Waals surface area contributed by atoms with Crippen LogP contribution in [0.3, 0.4) is 0 Å². The van der Waals surface area contributed by atoms with E-state index in [1.165, 1.54) is 28.0 Å². The number of rotatable bonds is 3. The fraction of sp³-hybridized carbons (Fsp3) is 0.214. The summed E-state index contributed by atoms with van der Waals surface area (Å²) in [5, 5.41) is 0. The van der Waals surface area contributed by atoms with E-state index in [0.717, 1.165) is 15.3 Å². The van der Waals surface area contributed by atoms with E-state index in [-0.39, 0.29) is 4.21 Å². The van der Waals surface area contributed by atoms with E-state index in [2.05, 4.69) is 0 Å². The molecule has 0 saturated carbocycles. The van der Waals surface area contributed by atoms with Crippen LogP contribution < -0.4 is 11.4 Å². The molecule has 0 spiro atoms. The van der Waals surface area contributed by atoms with Crippen molar-refractivity contribution in [2.45, 2.75) is 17.6 Å². The molecule has 0 bridgehead atoms. The number of nitrogens with zero attached hydrogens (tertiary/aromatic N) is 2. The molecule has 3 rings (SSSR count). The van der Waals surface area contributed by atoms with Crippen LogP contribution in [0.5, 0.6) is 0 Å². The summed E-state index contributed by atoms with van der Waals surface area (Å²) in [5.41, 5.74) is 6.36. The molecular weight excluding hydrogens is 322 g/mol. The summed E-state index contributed by atoms with van der Waals surface area (Å²) in [6.45, 7) is 1.95. The summed E-state index contributed by atoms with van der Waals surface area (Å²) in [4.78, 5) is 13.4. The summed E-state index contributed by atoms with van der Waals surface area (Å²) in [6, 6.07) is 8.09. The molecule has 0 radical (unpaired) electrons. The number of aromatic nitrogens is 2. The average molecular weight is 337 g/mol. The second kappa shape index (κ2) is 4.99. The van der Waals surface area contributed by atoms with Gasteiger partial charge in [-0.15, -0.1) is 11.3 Å². The predicted octanol–water partition coefficient (Wildman–Crippen LogP) is 1.78. The van der Waals surface area contributed by atoms with Crippen LogP contribution in [-0.2, 0) is 23.5 Å². The minimum Gasteiger partial charge on any atom is -0.399 e. The number of imidazole rings is 1. The van der Waals surface area contributed by atoms with Crippen molar-refractivity contribution < 1.29 is 8.42 Å². The fourth-order valence-corrected chi connectivity index (χ4v) is 5.13. The van der Waals surface area contributed by atoms with Gasteiger partial charge in [-0.3, -0.25) is 4.57 Å². The van der Waals surface area contributed by atoms with Crippen LogP contribution in [-0.4, -0.2) is 17.0 Å². The van der Waals surface area contributed by atoms with Gasteiger partial charge >= 0.3 is 5.69 Å². The van der Waals surface area contributed by atoms with E-state index in [4.69, 9.17) is 5.73 Å². The van der Waals surface area contributed by atoms with Crippen LogP contribution in [0.4, 0.5) is 5.69 Å². The molecule has 2 heterocycles. The Bertz CT molecular complexity index is 1030. The van der Waals surface area contributed by atoms with E-state index >= 15 is 0 Å². The molecule has 0 amide bonds. The molecule has 0 aliphatic heterocycles. The van der Waals surface area contributed by atoms with Crippen molar-refractivity contribution >= 4 is 38.1 Å². The van der Waals surface area contributed by atoms with Gasteiger partial charge in [-0.2, -0.15) is 12.4 Å². The Hall–Kier alpha value is -2.06. The van der Waals surface area contributed by atoms with Crippen LogP contribution in [0.2, 0.25) is 0 Å². The van der Waals surface area contributed by atoms with Crippen LogP contribution in [0.25, 0.3) is 11.0 Å². The Morgan fingerprint density at radius 3 is 2.55 bits per heavy atom. The van der Waals surface area contributed by atoms with E-state index in [1.54, 1.807) is 25.2 Å². The molecule has 0 atom stereocenters. The number of aryl methyl sites for hydroxylation is 2. The molecule has 0 aliphatic rings. The molecule has 8 heteroatoms. The number of benzene rings is 1. The zero-order valence-corrected chi connectivity index (χ0v) is 13.7. The van der Waals surface area contributed by atoms with Gasteiger partial charge in [0, 0.05) is 17.6 Å². The van der Waals surface area contributed by atoms with E-state index in [0.29, 0.717) is 16.7 Å². The van der Waals surface area contributed by atoms with Gasteiger partial charge in [0.05, 0.1) is 11.0 Å². The first-order valence-electron chi connectivity index (χ1n) is 6.67. The molecule has 6 nitrogen and oxygen atoms in total. The summed E-state index contributed by atoms with van der Waals surface area (Å²) < 4.78 is 28.0. The van der Waals surface area contributed by atoms with E-state index < -0.39 is 15.7 Å². The highest BCUT2D eigenvalue weighted by atomic mass is 32.2. The van der Waals surface area contributed by atoms with E-state index in [1.807, 2.05) is 6.92 Å². The quantitative estimate of drug-likeness (QED) is 0.738. The van der Waals surface area contributed by atoms with Crippen LogP contribution in [0.15, 0.2) is 39.3 Å². The summed E-state index contributed by atoms with van der Waals surface area (Å²) in [5.74, 6) is 0. The third-order valence-electron chi connectivity index (χ3n) is 3.52. The van der Waals surface area contributed by atoms with Crippen molar-refractivity contribution in [1.29, 1.82) is 0 Å². The second-order valence-electron chi connectivity index (χ2n) is 4.93. The molecule has 2 aromatic heterocycles. The number of anilines is 1. The maximum absolute atomic E-state index is 12.8. The highest BCUT2D eigenvalue weighted by Crippen LogP contribution is 2.26. The molecule has 0 saturated heterocycles. The van der Waals surface area contributed by atoms with Crippen molar-refractivity contribution in [3.05, 3.63) is 45.7 Å². The number of nitrogen functional groups attached to an aromatic ring is 1. The van der Waals surface area contributed by atoms with Gasteiger partial charge < -0.3 is 5.73 Å². The third kappa shape index (κ3) is 2.06. The van der Waals surface area contributed by atoms with Crippen molar-refractivity contribution in [2.24, 2.45) is 7.05 Å². The fourth-order valence-electron chi connectivity index (χ4n) is 2.34. The van der Waals surface area contributed by atoms with Crippen molar-refractivity contribution in [3.63, 3.8) is 0 Å². The number of hydrogen-bond acceptors (Lipinski definition) is 5. The predicted molar refractivity (Wildman–Crippen MR) is 87.9 cm³/mol. The smallest absolute Gasteiger partial charge is 0.343 e. The molecule has 0 fully saturated rings. The first kappa shape index (κ1) is 14.9. The van der Waals surface area contributed by atoms with Crippen molar-refractivity contribution in [3.8, 4) is 0 Å². The minimum absolute atomic E-state index is 0.154. The normalized spacial score (nSPS) is 12.1. The van der Waals surface area contributed by atoms with Gasteiger partial charge in [0.2, 0.25) is 0 Å². The first-order valence-corrected chi connectivity index (χ1v) is 8.93. The molecule has 116 valence electrons. The van der Waals surface area contributed by atoms with Crippen molar-refractivity contribution in [2.75, 3.05) is 5.73 Å². The third-order valence-corrected chi connectivity index (χ3v) is 6.90. The number of fused-ring (bicyclic) bond motifs is 1. The van der Waals surface area contributed by atoms with Gasteiger partial charge in [0.15, 0.2) is 0 Å². The van der Waals surface area contributed by atoms with Gasteiger partial charge in [0.25, 0.3) is 10.0 Å². The Morgan fingerprint density at radius 1 is 1.18 bits per heavy atom. The first-order chi connectivity index (χ1) is 10.4. The zero-order chi connectivity index (χ0) is 16.1. The second-order valence-corrected chi connectivity index (χ2v) is 8.12. The molecule has 2 N–H and O–H groups in total. The topological polar surface area (TPSA) is 87.1 Å². The Labute approximate surface area is 131 Å². The maximum Gasteiger partial charge on any atom is 0.343 e. The molecule has 1 aromatic carbocycles. The standard InChI is InChI=1S/C14H15N3O3S2/c1-3-10-5-7-13(21-10)22(19,20)17-12-8-9(15)4-6-11(12)16(2)14(17)18/h4-8H,3,15H2,1-2H3. The lowest BCUT2D eigenvalue weighted by Gasteiger charge is -2.03. The number of thiophene rings is 1. The van der Waals surface area contributed by atoms with Gasteiger partial charge in [0.1, 0.15) is 4.21 Å². The number of hydrogen-bond donors (Lipinski definition) is 1. The van der Waals surface area contributed by atoms with Gasteiger partial charge in [-0.1, -0.05) is 6.92 Å². The van der Waals surface area contributed by atoms with Crippen molar-refractivity contribution in [1.82, 2.24) is 8.54 Å². The Balaban J connectivity index is 2.36. The molecule has 3 aromatic rings. The lowest BCUT2D eigenvalue weighted by molar-refractivity contribution is 0.588. The van der Waals surface area contributed by atoms with Crippen LogP contribution >= 0.6 is 11.3 Å². The summed E-state index contributed by atoms with van der Waals surface area (Å²) in [6.07, 6.45) is 0.748. The van der Waals surface area contributed by atoms with Gasteiger partial charge in [-0.25, -0.2) is 4.79 Å². The highest BCUT2D eigenvalue weighted by molar-refractivity contribution is 7.92. The molecule has 22 heavy (non-hydrogen) atoms. The monoisotopic (exact) mass is 337 g/mol. The summed E-state index contributed by atoms with van der Waals surface area (Å²) >= 11 is 1.18. The zero-order valence-electron chi connectivity index (χ0n) is 12.1. The highest BCUT2D eigenvalue weighted by Gasteiger charge is 2.25. The largest absolute Gasteiger partial charge is 0.399 e. The molecule has 0 unspecified atom stereocenters. The SMILES string of the molecule is CCc1ccc(S(=O)(=O)n2c(=O)n(C)c3ccc(N)cc32)s1. The molecule has 0 aliphatic carbocycles. The lowest BCUT2D eigenvalue weighted by Crippen LogP contribution is -2.28. The van der Waals surface area contributed by atoms with E-state index in [9.17, 15) is 13.2 Å². The lowest BCUT2D eigenvalue weighted by atomic mass is 10.3. The Morgan fingerprint density at radius 2 is 1.91 bits per heavy atom. The Kier molecular flexibility index (Phi) is 3.37. The average Bonchev–Trinajstić information content (AvgIpc) is 3.04. The van der Waals surface area contributed by atoms with Crippen LogP contribution in [0, 0.1) is 0 Å². The summed E-state index contributed by atoms with van der Waals surface area (Å²) in [7, 11) is -2.39. The van der Waals surface area contributed by atoms with Crippen LogP contribution in [0.1, 0.15) is 11.8 Å².